The van der Waals surface area contributed by atoms with Crippen molar-refractivity contribution in [2.24, 2.45) is 5.92 Å². The lowest BCUT2D eigenvalue weighted by Gasteiger charge is -2.42. The Morgan fingerprint density at radius 2 is 2.00 bits per heavy atom. The van der Waals surface area contributed by atoms with E-state index in [1.54, 1.807) is 0 Å². The van der Waals surface area contributed by atoms with Crippen molar-refractivity contribution in [3.05, 3.63) is 0 Å². The Bertz CT molecular complexity index is 340. The fourth-order valence-corrected chi connectivity index (χ4v) is 4.37. The van der Waals surface area contributed by atoms with Crippen LogP contribution in [0, 0.1) is 5.92 Å². The van der Waals surface area contributed by atoms with Crippen LogP contribution in [0.4, 0.5) is 0 Å². The average Bonchev–Trinajstić information content (AvgIpc) is 2.64. The standard InChI is InChI=1S/C18H36N2O/c1-7-10-19-14(2)15-9-8-11-20(13-15)16-12-17(3,4)21-18(16,5)6/h14-16,19H,7-13H2,1-6H3. The van der Waals surface area contributed by atoms with Gasteiger partial charge in [0.25, 0.3) is 0 Å². The van der Waals surface area contributed by atoms with Crippen molar-refractivity contribution < 1.29 is 4.74 Å². The Morgan fingerprint density at radius 1 is 1.29 bits per heavy atom. The highest BCUT2D eigenvalue weighted by atomic mass is 16.5. The molecule has 2 rings (SSSR count). The first-order chi connectivity index (χ1) is 9.75. The monoisotopic (exact) mass is 296 g/mol. The van der Waals surface area contributed by atoms with Gasteiger partial charge >= 0.3 is 0 Å². The van der Waals surface area contributed by atoms with E-state index in [0.29, 0.717) is 12.1 Å². The van der Waals surface area contributed by atoms with Crippen LogP contribution in [0.1, 0.15) is 67.2 Å². The lowest BCUT2D eigenvalue weighted by atomic mass is 9.86. The average molecular weight is 296 g/mol. The van der Waals surface area contributed by atoms with E-state index in [2.05, 4.69) is 51.8 Å². The predicted molar refractivity (Wildman–Crippen MR) is 89.7 cm³/mol. The van der Waals surface area contributed by atoms with Crippen LogP contribution in [0.2, 0.25) is 0 Å². The van der Waals surface area contributed by atoms with Crippen LogP contribution in [0.25, 0.3) is 0 Å². The summed E-state index contributed by atoms with van der Waals surface area (Å²) in [6.45, 7) is 17.2. The van der Waals surface area contributed by atoms with Gasteiger partial charge in [-0.3, -0.25) is 4.90 Å². The third kappa shape index (κ3) is 4.20. The lowest BCUT2D eigenvalue weighted by Crippen LogP contribution is -2.53. The Morgan fingerprint density at radius 3 is 2.57 bits per heavy atom. The zero-order valence-electron chi connectivity index (χ0n) is 15.0. The fraction of sp³-hybridized carbons (Fsp3) is 1.00. The zero-order valence-corrected chi connectivity index (χ0v) is 15.0. The summed E-state index contributed by atoms with van der Waals surface area (Å²) in [5, 5.41) is 3.69. The minimum Gasteiger partial charge on any atom is -0.368 e. The zero-order chi connectivity index (χ0) is 15.7. The third-order valence-corrected chi connectivity index (χ3v) is 5.38. The number of likely N-dealkylation sites (tertiary alicyclic amines) is 1. The second-order valence-corrected chi connectivity index (χ2v) is 8.33. The molecule has 2 aliphatic rings. The smallest absolute Gasteiger partial charge is 0.0789 e. The number of nitrogens with zero attached hydrogens (tertiary/aromatic N) is 1. The van der Waals surface area contributed by atoms with Crippen LogP contribution in [0.15, 0.2) is 0 Å². The summed E-state index contributed by atoms with van der Waals surface area (Å²) in [6.07, 6.45) is 5.07. The number of hydrogen-bond donors (Lipinski definition) is 1. The quantitative estimate of drug-likeness (QED) is 0.841. The highest BCUT2D eigenvalue weighted by molar-refractivity contribution is 5.01. The van der Waals surface area contributed by atoms with Gasteiger partial charge in [-0.15, -0.1) is 0 Å². The Kier molecular flexibility index (Phi) is 5.38. The topological polar surface area (TPSA) is 24.5 Å². The van der Waals surface area contributed by atoms with Gasteiger partial charge in [0.05, 0.1) is 11.2 Å². The van der Waals surface area contributed by atoms with Crippen LogP contribution in [-0.4, -0.2) is 47.8 Å². The molecule has 0 aliphatic carbocycles. The number of hydrogen-bond acceptors (Lipinski definition) is 3. The van der Waals surface area contributed by atoms with Crippen LogP contribution < -0.4 is 5.32 Å². The summed E-state index contributed by atoms with van der Waals surface area (Å²) in [4.78, 5) is 2.72. The summed E-state index contributed by atoms with van der Waals surface area (Å²) >= 11 is 0. The normalized spacial score (nSPS) is 34.0. The number of piperidine rings is 1. The second-order valence-electron chi connectivity index (χ2n) is 8.33. The first kappa shape index (κ1) is 17.2. The molecule has 1 N–H and O–H groups in total. The molecule has 21 heavy (non-hydrogen) atoms. The van der Waals surface area contributed by atoms with Crippen molar-refractivity contribution >= 4 is 0 Å². The molecule has 0 bridgehead atoms. The molecule has 2 heterocycles. The Labute approximate surface area is 131 Å². The van der Waals surface area contributed by atoms with Crippen LogP contribution in [0.5, 0.6) is 0 Å². The summed E-state index contributed by atoms with van der Waals surface area (Å²) in [6, 6.07) is 1.19. The van der Waals surface area contributed by atoms with E-state index in [9.17, 15) is 0 Å². The van der Waals surface area contributed by atoms with Crippen LogP contribution in [-0.2, 0) is 4.74 Å². The van der Waals surface area contributed by atoms with Gasteiger partial charge in [-0.2, -0.15) is 0 Å². The van der Waals surface area contributed by atoms with Crippen molar-refractivity contribution in [2.45, 2.75) is 90.5 Å². The maximum absolute atomic E-state index is 6.31. The van der Waals surface area contributed by atoms with Crippen LogP contribution in [0.3, 0.4) is 0 Å². The molecule has 0 amide bonds. The first-order valence-electron chi connectivity index (χ1n) is 8.93. The van der Waals surface area contributed by atoms with Gasteiger partial charge in [0.2, 0.25) is 0 Å². The molecule has 3 nitrogen and oxygen atoms in total. The van der Waals surface area contributed by atoms with E-state index in [1.807, 2.05) is 0 Å². The van der Waals surface area contributed by atoms with Crippen molar-refractivity contribution in [1.82, 2.24) is 10.2 Å². The lowest BCUT2D eigenvalue weighted by molar-refractivity contribution is -0.0838. The SMILES string of the molecule is CCCNC(C)C1CCCN(C2CC(C)(C)OC2(C)C)C1. The molecule has 0 aromatic heterocycles. The predicted octanol–water partition coefficient (Wildman–Crippen LogP) is 3.43. The van der Waals surface area contributed by atoms with Gasteiger partial charge in [0.1, 0.15) is 0 Å². The van der Waals surface area contributed by atoms with Gasteiger partial charge in [-0.05, 0) is 79.3 Å². The largest absolute Gasteiger partial charge is 0.368 e. The summed E-state index contributed by atoms with van der Waals surface area (Å²) < 4.78 is 6.31. The van der Waals surface area contributed by atoms with E-state index in [-0.39, 0.29) is 11.2 Å². The first-order valence-corrected chi connectivity index (χ1v) is 8.93. The fourth-order valence-electron chi connectivity index (χ4n) is 4.37. The highest BCUT2D eigenvalue weighted by Gasteiger charge is 2.49. The van der Waals surface area contributed by atoms with Crippen LogP contribution >= 0.6 is 0 Å². The van der Waals surface area contributed by atoms with Crippen molar-refractivity contribution in [3.8, 4) is 0 Å². The molecule has 0 aromatic rings. The maximum Gasteiger partial charge on any atom is 0.0789 e. The van der Waals surface area contributed by atoms with Gasteiger partial charge in [0.15, 0.2) is 0 Å². The molecule has 2 fully saturated rings. The minimum atomic E-state index is -0.0223. The van der Waals surface area contributed by atoms with Gasteiger partial charge < -0.3 is 10.1 Å². The molecular formula is C18H36N2O. The molecule has 3 atom stereocenters. The number of rotatable bonds is 5. The summed E-state index contributed by atoms with van der Waals surface area (Å²) in [5.74, 6) is 0.782. The molecule has 0 radical (unpaired) electrons. The Balaban J connectivity index is 1.97. The summed E-state index contributed by atoms with van der Waals surface area (Å²) in [7, 11) is 0. The second kappa shape index (κ2) is 6.55. The van der Waals surface area contributed by atoms with E-state index in [0.717, 1.165) is 18.9 Å². The molecule has 0 saturated carbocycles. The van der Waals surface area contributed by atoms with Gasteiger partial charge in [0, 0.05) is 18.6 Å². The highest BCUT2D eigenvalue weighted by Crippen LogP contribution is 2.41. The van der Waals surface area contributed by atoms with E-state index >= 15 is 0 Å². The molecule has 0 spiro atoms. The van der Waals surface area contributed by atoms with E-state index in [4.69, 9.17) is 4.74 Å². The van der Waals surface area contributed by atoms with E-state index in [1.165, 1.54) is 32.4 Å². The third-order valence-electron chi connectivity index (χ3n) is 5.38. The number of ether oxygens (including phenoxy) is 1. The van der Waals surface area contributed by atoms with Crippen molar-refractivity contribution in [3.63, 3.8) is 0 Å². The maximum atomic E-state index is 6.31. The summed E-state index contributed by atoms with van der Waals surface area (Å²) in [5.41, 5.74) is -0.00133. The van der Waals surface area contributed by atoms with Gasteiger partial charge in [-0.1, -0.05) is 6.92 Å². The molecule has 2 saturated heterocycles. The molecule has 3 heteroatoms. The van der Waals surface area contributed by atoms with Crippen molar-refractivity contribution in [2.75, 3.05) is 19.6 Å². The number of nitrogens with one attached hydrogen (secondary N) is 1. The molecule has 2 aliphatic heterocycles. The minimum absolute atomic E-state index is 0.0210. The molecule has 124 valence electrons. The molecule has 0 aromatic carbocycles. The van der Waals surface area contributed by atoms with Crippen molar-refractivity contribution in [1.29, 1.82) is 0 Å². The Hall–Kier alpha value is -0.120. The van der Waals surface area contributed by atoms with Gasteiger partial charge in [-0.25, -0.2) is 0 Å². The molecule has 3 unspecified atom stereocenters. The molecular weight excluding hydrogens is 260 g/mol. The van der Waals surface area contributed by atoms with E-state index < -0.39 is 0 Å².